The number of aromatic nitrogens is 4. The molecule has 2 aromatic carbocycles. The molecule has 4 amide bonds. The second-order valence-electron chi connectivity index (χ2n) is 15.7. The van der Waals surface area contributed by atoms with E-state index in [9.17, 15) is 29.1 Å². The minimum absolute atomic E-state index is 0. The van der Waals surface area contributed by atoms with Crippen LogP contribution in [-0.4, -0.2) is 102 Å². The quantitative estimate of drug-likeness (QED) is 0.106. The fourth-order valence-corrected chi connectivity index (χ4v) is 8.87. The van der Waals surface area contributed by atoms with Gasteiger partial charge in [0.2, 0.25) is 11.8 Å². The average molecular weight is 839 g/mol. The van der Waals surface area contributed by atoms with Crippen LogP contribution in [0.4, 0.5) is 4.79 Å². The van der Waals surface area contributed by atoms with Crippen LogP contribution in [0.25, 0.3) is 26.7 Å². The Morgan fingerprint density at radius 1 is 0.900 bits per heavy atom. The standard InChI is InChI=1S/C43H50N8O7S.CH4/c1-25(2)37(47-36(54)24-52)40(55)51-19-9-13-33(51)39-44-21-31(46-39)27-14-16-28(17-15-27)35-23-49-22-30(45-42(49)59-35)20-34(53)32-12-8-18-50(32)41(56)38(29-10-6-5-7-11-29)48-43(57)58-26(3)4;/h5-7,10-11,14-17,21-23,25-26,32-33,37-38,52H,8-9,12-13,18-20,24H2,1-4H3,(H,44,46)(H,47,54)(H,48,57);1H4/t32-,33-,37-,38+;/m0./s1. The fourth-order valence-electron chi connectivity index (χ4n) is 7.88. The molecule has 2 aliphatic rings. The fraction of sp³-hybridized carbons (Fsp3) is 0.432. The minimum atomic E-state index is -0.989. The number of carbonyl (C=O) groups excluding carboxylic acids is 5. The van der Waals surface area contributed by atoms with Crippen LogP contribution in [0.1, 0.15) is 90.0 Å². The first-order valence-electron chi connectivity index (χ1n) is 20.1. The zero-order chi connectivity index (χ0) is 41.8. The molecule has 0 aliphatic carbocycles. The molecule has 0 bridgehead atoms. The van der Waals surface area contributed by atoms with Crippen molar-refractivity contribution in [1.82, 2.24) is 39.8 Å². The summed E-state index contributed by atoms with van der Waals surface area (Å²) >= 11 is 1.51. The molecule has 60 heavy (non-hydrogen) atoms. The summed E-state index contributed by atoms with van der Waals surface area (Å²) < 4.78 is 7.19. The number of H-pyrrole nitrogens is 1. The molecule has 2 aliphatic heterocycles. The van der Waals surface area contributed by atoms with Crippen LogP contribution < -0.4 is 10.6 Å². The Kier molecular flexibility index (Phi) is 13.9. The summed E-state index contributed by atoms with van der Waals surface area (Å²) in [5.74, 6) is -0.683. The molecule has 5 aromatic rings. The lowest BCUT2D eigenvalue weighted by atomic mass is 10.0. The van der Waals surface area contributed by atoms with Gasteiger partial charge in [0.1, 0.15) is 24.5 Å². The van der Waals surface area contributed by atoms with Gasteiger partial charge in [0.25, 0.3) is 5.91 Å². The largest absolute Gasteiger partial charge is 0.447 e. The number of fused-ring (bicyclic) bond motifs is 1. The Bertz CT molecular complexity index is 2270. The molecule has 0 unspecified atom stereocenters. The highest BCUT2D eigenvalue weighted by Gasteiger charge is 2.39. The molecule has 0 spiro atoms. The number of amides is 4. The number of rotatable bonds is 14. The summed E-state index contributed by atoms with van der Waals surface area (Å²) in [5, 5.41) is 14.6. The predicted molar refractivity (Wildman–Crippen MR) is 228 cm³/mol. The smallest absolute Gasteiger partial charge is 0.408 e. The van der Waals surface area contributed by atoms with E-state index in [0.717, 1.165) is 39.5 Å². The minimum Gasteiger partial charge on any atom is -0.447 e. The predicted octanol–water partition coefficient (Wildman–Crippen LogP) is 5.86. The number of hydrogen-bond acceptors (Lipinski definition) is 10. The number of ether oxygens (including phenoxy) is 1. The van der Waals surface area contributed by atoms with E-state index < -0.39 is 36.7 Å². The highest BCUT2D eigenvalue weighted by molar-refractivity contribution is 7.20. The maximum Gasteiger partial charge on any atom is 0.408 e. The van der Waals surface area contributed by atoms with E-state index in [1.165, 1.54) is 11.3 Å². The molecular weight excluding hydrogens is 785 g/mol. The van der Waals surface area contributed by atoms with Crippen molar-refractivity contribution in [2.24, 2.45) is 5.92 Å². The molecule has 3 aromatic heterocycles. The zero-order valence-corrected chi connectivity index (χ0v) is 34.4. The van der Waals surface area contributed by atoms with Gasteiger partial charge in [-0.15, -0.1) is 0 Å². The maximum atomic E-state index is 13.9. The Labute approximate surface area is 353 Å². The summed E-state index contributed by atoms with van der Waals surface area (Å²) in [6, 6.07) is 14.4. The van der Waals surface area contributed by atoms with Crippen LogP contribution in [0, 0.1) is 5.92 Å². The third kappa shape index (κ3) is 9.60. The maximum absolute atomic E-state index is 13.9. The lowest BCUT2D eigenvalue weighted by Gasteiger charge is -2.30. The average Bonchev–Trinajstić information content (AvgIpc) is 4.07. The Balaban J connectivity index is 0.00000604. The number of imidazole rings is 2. The summed E-state index contributed by atoms with van der Waals surface area (Å²) in [7, 11) is 0. The number of carbonyl (C=O) groups is 5. The van der Waals surface area contributed by atoms with Crippen molar-refractivity contribution in [3.8, 4) is 21.7 Å². The summed E-state index contributed by atoms with van der Waals surface area (Å²) in [4.78, 5) is 83.6. The van der Waals surface area contributed by atoms with Crippen LogP contribution in [0.3, 0.4) is 0 Å². The van der Waals surface area contributed by atoms with Gasteiger partial charge in [-0.2, -0.15) is 0 Å². The molecule has 2 saturated heterocycles. The van der Waals surface area contributed by atoms with E-state index in [1.54, 1.807) is 54.1 Å². The van der Waals surface area contributed by atoms with Gasteiger partial charge in [0, 0.05) is 25.5 Å². The van der Waals surface area contributed by atoms with Gasteiger partial charge in [0.15, 0.2) is 10.7 Å². The lowest BCUT2D eigenvalue weighted by Crippen LogP contribution is -2.51. The number of nitrogens with zero attached hydrogens (tertiary/aromatic N) is 5. The molecule has 2 fully saturated rings. The molecule has 4 atom stereocenters. The number of ketones is 1. The number of aliphatic hydroxyl groups excluding tert-OH is 1. The van der Waals surface area contributed by atoms with Crippen LogP contribution in [0.5, 0.6) is 0 Å². The Morgan fingerprint density at radius 3 is 2.28 bits per heavy atom. The van der Waals surface area contributed by atoms with E-state index in [2.05, 4.69) is 20.6 Å². The van der Waals surface area contributed by atoms with Gasteiger partial charge in [-0.1, -0.05) is 87.2 Å². The number of thiazole rings is 1. The normalized spacial score (nSPS) is 17.4. The molecule has 5 heterocycles. The number of benzene rings is 2. The first-order valence-corrected chi connectivity index (χ1v) is 20.9. The van der Waals surface area contributed by atoms with Crippen molar-refractivity contribution < 1.29 is 33.8 Å². The number of hydrogen-bond donors (Lipinski definition) is 4. The topological polar surface area (TPSA) is 191 Å². The van der Waals surface area contributed by atoms with Gasteiger partial charge < -0.3 is 35.3 Å². The van der Waals surface area contributed by atoms with Crippen molar-refractivity contribution in [3.05, 3.63) is 90.3 Å². The molecule has 0 saturated carbocycles. The molecule has 16 heteroatoms. The first kappa shape index (κ1) is 43.7. The van der Waals surface area contributed by atoms with E-state index in [-0.39, 0.29) is 49.5 Å². The third-order valence-electron chi connectivity index (χ3n) is 10.8. The van der Waals surface area contributed by atoms with Crippen molar-refractivity contribution in [2.45, 2.75) is 97.5 Å². The lowest BCUT2D eigenvalue weighted by molar-refractivity contribution is -0.139. The van der Waals surface area contributed by atoms with Crippen molar-refractivity contribution >= 4 is 45.9 Å². The summed E-state index contributed by atoms with van der Waals surface area (Å²) in [6.07, 6.45) is 7.40. The van der Waals surface area contributed by atoms with Gasteiger partial charge in [-0.3, -0.25) is 23.6 Å². The summed E-state index contributed by atoms with van der Waals surface area (Å²) in [6.45, 7) is 7.49. The second-order valence-corrected chi connectivity index (χ2v) is 16.7. The van der Waals surface area contributed by atoms with Crippen LogP contribution in [0.2, 0.25) is 0 Å². The Hall–Kier alpha value is -5.87. The van der Waals surface area contributed by atoms with Gasteiger partial charge in [-0.05, 0) is 62.1 Å². The van der Waals surface area contributed by atoms with Crippen molar-refractivity contribution in [1.29, 1.82) is 0 Å². The highest BCUT2D eigenvalue weighted by Crippen LogP contribution is 2.34. The SMILES string of the molecule is C.CC(C)OC(=O)N[C@@H](C(=O)N1CCC[C@H]1C(=O)Cc1cn2cc(-c3ccc(-c4cnc([C@@H]5CCCN5C(=O)[C@@H](NC(=O)CO)C(C)C)[nH]4)cc3)sc2n1)c1ccccc1. The van der Waals surface area contributed by atoms with Crippen LogP contribution in [0.15, 0.2) is 73.2 Å². The first-order chi connectivity index (χ1) is 28.4. The van der Waals surface area contributed by atoms with Gasteiger partial charge >= 0.3 is 6.09 Å². The number of nitrogens with one attached hydrogen (secondary N) is 3. The zero-order valence-electron chi connectivity index (χ0n) is 33.6. The van der Waals surface area contributed by atoms with Gasteiger partial charge in [-0.25, -0.2) is 14.8 Å². The monoisotopic (exact) mass is 838 g/mol. The van der Waals surface area contributed by atoms with E-state index in [4.69, 9.17) is 9.72 Å². The highest BCUT2D eigenvalue weighted by atomic mass is 32.1. The molecule has 15 nitrogen and oxygen atoms in total. The molecule has 318 valence electrons. The van der Waals surface area contributed by atoms with Crippen LogP contribution in [-0.2, 0) is 30.3 Å². The van der Waals surface area contributed by atoms with E-state index in [0.29, 0.717) is 43.0 Å². The molecular formula is C44H54N8O7S. The molecule has 7 rings (SSSR count). The Morgan fingerprint density at radius 2 is 1.60 bits per heavy atom. The second kappa shape index (κ2) is 19.0. The van der Waals surface area contributed by atoms with Crippen molar-refractivity contribution in [3.63, 3.8) is 0 Å². The molecule has 4 N–H and O–H groups in total. The van der Waals surface area contributed by atoms with Crippen molar-refractivity contribution in [2.75, 3.05) is 19.7 Å². The number of aliphatic hydroxyl groups is 1. The number of alkyl carbamates (subject to hydrolysis) is 1. The van der Waals surface area contributed by atoms with Gasteiger partial charge in [0.05, 0.1) is 47.1 Å². The molecule has 0 radical (unpaired) electrons. The van der Waals surface area contributed by atoms with E-state index >= 15 is 0 Å². The van der Waals surface area contributed by atoms with Crippen LogP contribution >= 0.6 is 11.3 Å². The number of aromatic amines is 1. The summed E-state index contributed by atoms with van der Waals surface area (Å²) in [5.41, 5.74) is 3.98. The van der Waals surface area contributed by atoms with E-state index in [1.807, 2.05) is 61.0 Å². The number of likely N-dealkylation sites (tertiary alicyclic amines) is 2. The number of Topliss-reactive ketones (excluding diaryl/α,β-unsaturated/α-hetero) is 1. The third-order valence-corrected chi connectivity index (χ3v) is 11.8.